The van der Waals surface area contributed by atoms with Crippen molar-refractivity contribution in [2.24, 2.45) is 0 Å². The molecule has 18 heavy (non-hydrogen) atoms. The van der Waals surface area contributed by atoms with Crippen molar-refractivity contribution in [2.45, 2.75) is 11.1 Å². The first-order chi connectivity index (χ1) is 8.41. The predicted molar refractivity (Wildman–Crippen MR) is 73.9 cm³/mol. The van der Waals surface area contributed by atoms with E-state index in [-0.39, 0.29) is 8.68 Å². The summed E-state index contributed by atoms with van der Waals surface area (Å²) in [6.45, 7) is 1.91. The van der Waals surface area contributed by atoms with Gasteiger partial charge in [0.15, 0.2) is 8.68 Å². The number of halogens is 1. The first-order valence-electron chi connectivity index (χ1n) is 5.08. The molecule has 0 atom stereocenters. The van der Waals surface area contributed by atoms with Gasteiger partial charge in [-0.25, -0.2) is 13.4 Å². The summed E-state index contributed by atoms with van der Waals surface area (Å²) >= 11 is 6.61. The van der Waals surface area contributed by atoms with E-state index in [0.717, 1.165) is 16.9 Å². The lowest BCUT2D eigenvalue weighted by Gasteiger charge is -2.18. The number of anilines is 1. The smallest absolute Gasteiger partial charge is 0.269 e. The van der Waals surface area contributed by atoms with Crippen molar-refractivity contribution >= 4 is 38.6 Å². The zero-order chi connectivity index (χ0) is 13.3. The molecule has 0 saturated heterocycles. The summed E-state index contributed by atoms with van der Waals surface area (Å²) in [6.07, 6.45) is 1.27. The Kier molecular flexibility index (Phi) is 3.61. The number of hydrogen-bond acceptors (Lipinski definition) is 4. The molecule has 0 amide bonds. The van der Waals surface area contributed by atoms with Crippen LogP contribution in [0, 0.1) is 6.92 Å². The molecule has 2 rings (SSSR count). The van der Waals surface area contributed by atoms with E-state index < -0.39 is 10.0 Å². The molecule has 1 heterocycles. The Bertz CT molecular complexity index is 667. The summed E-state index contributed by atoms with van der Waals surface area (Å²) in [5.41, 5.74) is 1.61. The minimum atomic E-state index is -3.58. The molecule has 0 N–H and O–H groups in total. The number of rotatable bonds is 3. The molecule has 0 unspecified atom stereocenters. The highest BCUT2D eigenvalue weighted by Gasteiger charge is 2.23. The molecule has 0 fully saturated rings. The number of sulfonamides is 1. The van der Waals surface area contributed by atoms with Gasteiger partial charge in [-0.05, 0) is 24.6 Å². The van der Waals surface area contributed by atoms with Crippen LogP contribution in [0.15, 0.2) is 34.7 Å². The van der Waals surface area contributed by atoms with Crippen molar-refractivity contribution in [3.05, 3.63) is 40.5 Å². The highest BCUT2D eigenvalue weighted by Crippen LogP contribution is 2.28. The van der Waals surface area contributed by atoms with Crippen LogP contribution in [0.4, 0.5) is 5.69 Å². The number of hydrogen-bond donors (Lipinski definition) is 0. The van der Waals surface area contributed by atoms with Crippen LogP contribution >= 0.6 is 22.9 Å². The van der Waals surface area contributed by atoms with Gasteiger partial charge in [0.25, 0.3) is 10.0 Å². The van der Waals surface area contributed by atoms with E-state index in [2.05, 4.69) is 4.98 Å². The molecular weight excluding hydrogens is 292 g/mol. The summed E-state index contributed by atoms with van der Waals surface area (Å²) < 4.78 is 26.2. The van der Waals surface area contributed by atoms with Gasteiger partial charge in [-0.15, -0.1) is 0 Å². The minimum absolute atomic E-state index is 0.136. The average molecular weight is 303 g/mol. The predicted octanol–water partition coefficient (Wildman–Crippen LogP) is 2.93. The van der Waals surface area contributed by atoms with Crippen molar-refractivity contribution in [1.29, 1.82) is 0 Å². The van der Waals surface area contributed by atoms with Crippen molar-refractivity contribution in [3.8, 4) is 0 Å². The SMILES string of the molecule is Cc1cccc(N(C)S(=O)(=O)c2cnc(Cl)s2)c1. The lowest BCUT2D eigenvalue weighted by Crippen LogP contribution is -2.25. The second-order valence-electron chi connectivity index (χ2n) is 3.74. The van der Waals surface area contributed by atoms with Crippen LogP contribution in [0.5, 0.6) is 0 Å². The largest absolute Gasteiger partial charge is 0.275 e. The fourth-order valence-corrected chi connectivity index (χ4v) is 4.11. The van der Waals surface area contributed by atoms with Gasteiger partial charge in [0.2, 0.25) is 0 Å². The van der Waals surface area contributed by atoms with Gasteiger partial charge < -0.3 is 0 Å². The van der Waals surface area contributed by atoms with Crippen LogP contribution in [0.25, 0.3) is 0 Å². The number of nitrogens with zero attached hydrogens (tertiary/aromatic N) is 2. The normalized spacial score (nSPS) is 11.5. The number of thiazole rings is 1. The van der Waals surface area contributed by atoms with Gasteiger partial charge in [-0.3, -0.25) is 4.31 Å². The topological polar surface area (TPSA) is 50.3 Å². The Morgan fingerprint density at radius 2 is 2.11 bits per heavy atom. The maximum Gasteiger partial charge on any atom is 0.275 e. The highest BCUT2D eigenvalue weighted by atomic mass is 35.5. The third-order valence-corrected chi connectivity index (χ3v) is 5.77. The Labute approximate surface area is 115 Å². The molecule has 0 aliphatic rings. The van der Waals surface area contributed by atoms with Crippen LogP contribution in [0.1, 0.15) is 5.56 Å². The van der Waals surface area contributed by atoms with Gasteiger partial charge in [0, 0.05) is 7.05 Å². The molecule has 1 aromatic carbocycles. The molecule has 4 nitrogen and oxygen atoms in total. The fraction of sp³-hybridized carbons (Fsp3) is 0.182. The van der Waals surface area contributed by atoms with Gasteiger partial charge in [-0.2, -0.15) is 0 Å². The third kappa shape index (κ3) is 2.50. The summed E-state index contributed by atoms with van der Waals surface area (Å²) in [5.74, 6) is 0. The molecule has 0 radical (unpaired) electrons. The third-order valence-electron chi connectivity index (χ3n) is 2.44. The Balaban J connectivity index is 2.42. The van der Waals surface area contributed by atoms with Crippen molar-refractivity contribution < 1.29 is 8.42 Å². The molecule has 0 aliphatic carbocycles. The highest BCUT2D eigenvalue weighted by molar-refractivity contribution is 7.94. The molecular formula is C11H11ClN2O2S2. The zero-order valence-corrected chi connectivity index (χ0v) is 12.2. The summed E-state index contributed by atoms with van der Waals surface area (Å²) in [5, 5.41) is 0. The van der Waals surface area contributed by atoms with Gasteiger partial charge in [-0.1, -0.05) is 35.1 Å². The van der Waals surface area contributed by atoms with E-state index in [1.54, 1.807) is 12.1 Å². The summed E-state index contributed by atoms with van der Waals surface area (Å²) in [6, 6.07) is 7.28. The molecule has 0 spiro atoms. The van der Waals surface area contributed by atoms with Gasteiger partial charge in [0.05, 0.1) is 11.9 Å². The van der Waals surface area contributed by atoms with E-state index in [1.165, 1.54) is 17.5 Å². The molecule has 96 valence electrons. The minimum Gasteiger partial charge on any atom is -0.269 e. The molecule has 1 aromatic heterocycles. The first-order valence-corrected chi connectivity index (χ1v) is 7.71. The maximum absolute atomic E-state index is 12.3. The Morgan fingerprint density at radius 1 is 1.39 bits per heavy atom. The molecule has 7 heteroatoms. The fourth-order valence-electron chi connectivity index (χ4n) is 1.46. The monoisotopic (exact) mass is 302 g/mol. The number of aromatic nitrogens is 1. The van der Waals surface area contributed by atoms with E-state index in [4.69, 9.17) is 11.6 Å². The quantitative estimate of drug-likeness (QED) is 0.876. The molecule has 2 aromatic rings. The average Bonchev–Trinajstić information content (AvgIpc) is 2.75. The molecule has 0 bridgehead atoms. The van der Waals surface area contributed by atoms with E-state index in [1.807, 2.05) is 19.1 Å². The lowest BCUT2D eigenvalue weighted by atomic mass is 10.2. The summed E-state index contributed by atoms with van der Waals surface area (Å²) in [4.78, 5) is 3.75. The molecule has 0 saturated carbocycles. The van der Waals surface area contributed by atoms with Crippen molar-refractivity contribution in [3.63, 3.8) is 0 Å². The Hall–Kier alpha value is -1.11. The van der Waals surface area contributed by atoms with Crippen LogP contribution in [0.2, 0.25) is 4.47 Å². The second kappa shape index (κ2) is 4.87. The van der Waals surface area contributed by atoms with Crippen LogP contribution in [-0.4, -0.2) is 20.4 Å². The first kappa shape index (κ1) is 13.3. The standard InChI is InChI=1S/C11H11ClN2O2S2/c1-8-4-3-5-9(6-8)14(2)18(15,16)10-7-13-11(12)17-10/h3-7H,1-2H3. The lowest BCUT2D eigenvalue weighted by molar-refractivity contribution is 0.596. The maximum atomic E-state index is 12.3. The van der Waals surface area contributed by atoms with E-state index >= 15 is 0 Å². The number of aryl methyl sites for hydroxylation is 1. The van der Waals surface area contributed by atoms with E-state index in [0.29, 0.717) is 5.69 Å². The van der Waals surface area contributed by atoms with Gasteiger partial charge >= 0.3 is 0 Å². The van der Waals surface area contributed by atoms with Crippen LogP contribution in [-0.2, 0) is 10.0 Å². The Morgan fingerprint density at radius 3 is 2.67 bits per heavy atom. The molecule has 0 aliphatic heterocycles. The van der Waals surface area contributed by atoms with Crippen molar-refractivity contribution in [1.82, 2.24) is 4.98 Å². The summed E-state index contributed by atoms with van der Waals surface area (Å²) in [7, 11) is -2.07. The van der Waals surface area contributed by atoms with Crippen LogP contribution in [0.3, 0.4) is 0 Å². The van der Waals surface area contributed by atoms with E-state index in [9.17, 15) is 8.42 Å². The second-order valence-corrected chi connectivity index (χ2v) is 7.55. The zero-order valence-electron chi connectivity index (χ0n) is 9.79. The van der Waals surface area contributed by atoms with Crippen molar-refractivity contribution in [2.75, 3.05) is 11.4 Å². The number of benzene rings is 1. The van der Waals surface area contributed by atoms with Crippen LogP contribution < -0.4 is 4.31 Å². The van der Waals surface area contributed by atoms with Gasteiger partial charge in [0.1, 0.15) is 0 Å².